The van der Waals surface area contributed by atoms with Crippen molar-refractivity contribution in [3.05, 3.63) is 35.4 Å². The lowest BCUT2D eigenvalue weighted by Gasteiger charge is -2.19. The fraction of sp³-hybridized carbons (Fsp3) is 0.231. The number of carbonyl (C=O) groups excluding carboxylic acids is 2. The van der Waals surface area contributed by atoms with Crippen LogP contribution in [-0.4, -0.2) is 22.8 Å². The van der Waals surface area contributed by atoms with E-state index in [1.54, 1.807) is 12.1 Å². The topological polar surface area (TPSA) is 63.6 Å². The molecule has 0 aromatic heterocycles. The number of aromatic hydroxyl groups is 1. The number of allylic oxidation sites excluding steroid dienone is 1. The number of hydrogen-bond donors (Lipinski definition) is 1. The maximum atomic E-state index is 11.7. The van der Waals surface area contributed by atoms with Gasteiger partial charge in [0.15, 0.2) is 0 Å². The van der Waals surface area contributed by atoms with E-state index < -0.39 is 11.6 Å². The summed E-state index contributed by atoms with van der Waals surface area (Å²) in [6, 6.07) is 4.63. The Labute approximate surface area is 98.5 Å². The van der Waals surface area contributed by atoms with Crippen LogP contribution >= 0.6 is 0 Å². The number of ketones is 2. The van der Waals surface area contributed by atoms with Gasteiger partial charge in [-0.1, -0.05) is 12.1 Å². The molecule has 1 aromatic carbocycles. The lowest BCUT2D eigenvalue weighted by molar-refractivity contribution is -0.111. The van der Waals surface area contributed by atoms with Crippen molar-refractivity contribution >= 4 is 17.3 Å². The van der Waals surface area contributed by atoms with Crippen LogP contribution in [-0.2, 0) is 9.53 Å². The first-order valence-electron chi connectivity index (χ1n) is 5.30. The average Bonchev–Trinajstić information content (AvgIpc) is 2.24. The SMILES string of the molecule is CC(C)OC1=CC(=O)C(=O)c2c(O)cccc21. The molecule has 0 saturated carbocycles. The highest BCUT2D eigenvalue weighted by molar-refractivity contribution is 6.50. The van der Waals surface area contributed by atoms with Gasteiger partial charge in [0.1, 0.15) is 11.5 Å². The lowest BCUT2D eigenvalue weighted by Crippen LogP contribution is -2.20. The van der Waals surface area contributed by atoms with E-state index in [9.17, 15) is 14.7 Å². The summed E-state index contributed by atoms with van der Waals surface area (Å²) in [7, 11) is 0. The van der Waals surface area contributed by atoms with E-state index in [2.05, 4.69) is 0 Å². The van der Waals surface area contributed by atoms with Gasteiger partial charge in [0.2, 0.25) is 11.6 Å². The minimum Gasteiger partial charge on any atom is -0.507 e. The molecule has 2 rings (SSSR count). The quantitative estimate of drug-likeness (QED) is 0.791. The van der Waals surface area contributed by atoms with Crippen LogP contribution in [0.4, 0.5) is 0 Å². The number of hydrogen-bond acceptors (Lipinski definition) is 4. The molecule has 0 unspecified atom stereocenters. The number of Topliss-reactive ketones (excluding diaryl/α,β-unsaturated/α-hetero) is 1. The predicted octanol–water partition coefficient (Wildman–Crippen LogP) is 1.92. The van der Waals surface area contributed by atoms with Gasteiger partial charge in [-0.05, 0) is 19.9 Å². The van der Waals surface area contributed by atoms with Crippen LogP contribution in [0.15, 0.2) is 24.3 Å². The smallest absolute Gasteiger partial charge is 0.237 e. The number of fused-ring (bicyclic) bond motifs is 1. The summed E-state index contributed by atoms with van der Waals surface area (Å²) in [6.45, 7) is 3.65. The lowest BCUT2D eigenvalue weighted by atomic mass is 9.93. The van der Waals surface area contributed by atoms with E-state index in [1.165, 1.54) is 12.1 Å². The van der Waals surface area contributed by atoms with E-state index in [-0.39, 0.29) is 17.4 Å². The average molecular weight is 232 g/mol. The van der Waals surface area contributed by atoms with Gasteiger partial charge in [-0.3, -0.25) is 9.59 Å². The second-order valence-corrected chi connectivity index (χ2v) is 4.07. The zero-order valence-electron chi connectivity index (χ0n) is 9.56. The van der Waals surface area contributed by atoms with Gasteiger partial charge in [0.25, 0.3) is 0 Å². The molecule has 0 heterocycles. The van der Waals surface area contributed by atoms with Crippen LogP contribution in [0, 0.1) is 0 Å². The van der Waals surface area contributed by atoms with Gasteiger partial charge in [-0.2, -0.15) is 0 Å². The number of carbonyl (C=O) groups is 2. The molecule has 0 atom stereocenters. The van der Waals surface area contributed by atoms with Crippen LogP contribution < -0.4 is 0 Å². The van der Waals surface area contributed by atoms with Gasteiger partial charge in [-0.25, -0.2) is 0 Å². The highest BCUT2D eigenvalue weighted by Gasteiger charge is 2.29. The Balaban J connectivity index is 2.59. The Kier molecular flexibility index (Phi) is 2.71. The Bertz CT molecular complexity index is 526. The molecule has 0 spiro atoms. The zero-order chi connectivity index (χ0) is 12.6. The highest BCUT2D eigenvalue weighted by atomic mass is 16.5. The first kappa shape index (κ1) is 11.4. The maximum Gasteiger partial charge on any atom is 0.237 e. The molecule has 1 aromatic rings. The summed E-state index contributed by atoms with van der Waals surface area (Å²) in [5.74, 6) is -1.24. The molecule has 1 aliphatic carbocycles. The predicted molar refractivity (Wildman–Crippen MR) is 61.6 cm³/mol. The van der Waals surface area contributed by atoms with Crippen molar-refractivity contribution < 1.29 is 19.4 Å². The first-order valence-corrected chi connectivity index (χ1v) is 5.30. The third-order valence-electron chi connectivity index (χ3n) is 2.38. The monoisotopic (exact) mass is 232 g/mol. The second kappa shape index (κ2) is 4.05. The second-order valence-electron chi connectivity index (χ2n) is 4.07. The Morgan fingerprint density at radius 2 is 1.94 bits per heavy atom. The molecule has 1 N–H and O–H groups in total. The summed E-state index contributed by atoms with van der Waals surface area (Å²) in [5, 5.41) is 9.64. The van der Waals surface area contributed by atoms with Crippen molar-refractivity contribution in [1.29, 1.82) is 0 Å². The van der Waals surface area contributed by atoms with Crippen LogP contribution in [0.5, 0.6) is 5.75 Å². The number of ether oxygens (including phenoxy) is 1. The van der Waals surface area contributed by atoms with Crippen molar-refractivity contribution in [2.45, 2.75) is 20.0 Å². The zero-order valence-corrected chi connectivity index (χ0v) is 9.56. The summed E-state index contributed by atoms with van der Waals surface area (Å²) in [4.78, 5) is 23.1. The normalized spacial score (nSPS) is 14.6. The molecule has 4 nitrogen and oxygen atoms in total. The van der Waals surface area contributed by atoms with E-state index in [0.29, 0.717) is 11.3 Å². The molecule has 4 heteroatoms. The van der Waals surface area contributed by atoms with Crippen molar-refractivity contribution in [2.24, 2.45) is 0 Å². The number of rotatable bonds is 2. The van der Waals surface area contributed by atoms with Gasteiger partial charge < -0.3 is 9.84 Å². The minimum atomic E-state index is -0.700. The van der Waals surface area contributed by atoms with Gasteiger partial charge in [0.05, 0.1) is 11.7 Å². The third kappa shape index (κ3) is 1.93. The minimum absolute atomic E-state index is 0.0238. The number of phenols is 1. The van der Waals surface area contributed by atoms with E-state index in [1.807, 2.05) is 13.8 Å². The van der Waals surface area contributed by atoms with Crippen molar-refractivity contribution in [3.63, 3.8) is 0 Å². The molecule has 0 fully saturated rings. The summed E-state index contributed by atoms with van der Waals surface area (Å²) in [6.07, 6.45) is 1.06. The Morgan fingerprint density at radius 1 is 1.24 bits per heavy atom. The Morgan fingerprint density at radius 3 is 2.59 bits per heavy atom. The fourth-order valence-corrected chi connectivity index (χ4v) is 1.72. The Hall–Kier alpha value is -2.10. The molecule has 88 valence electrons. The fourth-order valence-electron chi connectivity index (χ4n) is 1.72. The van der Waals surface area contributed by atoms with Gasteiger partial charge in [-0.15, -0.1) is 0 Å². The van der Waals surface area contributed by atoms with Crippen molar-refractivity contribution in [3.8, 4) is 5.75 Å². The van der Waals surface area contributed by atoms with Crippen molar-refractivity contribution in [1.82, 2.24) is 0 Å². The highest BCUT2D eigenvalue weighted by Crippen LogP contribution is 2.32. The van der Waals surface area contributed by atoms with E-state index >= 15 is 0 Å². The molecule has 0 aliphatic heterocycles. The molecular formula is C13H12O4. The molecule has 0 saturated heterocycles. The largest absolute Gasteiger partial charge is 0.507 e. The van der Waals surface area contributed by atoms with Crippen molar-refractivity contribution in [2.75, 3.05) is 0 Å². The molecular weight excluding hydrogens is 220 g/mol. The van der Waals surface area contributed by atoms with Gasteiger partial charge in [0, 0.05) is 11.6 Å². The molecule has 17 heavy (non-hydrogen) atoms. The standard InChI is InChI=1S/C13H12O4/c1-7(2)17-11-6-10(15)13(16)12-8(11)4-3-5-9(12)14/h3-7,14H,1-2H3. The van der Waals surface area contributed by atoms with E-state index in [4.69, 9.17) is 4.74 Å². The van der Waals surface area contributed by atoms with Crippen LogP contribution in [0.3, 0.4) is 0 Å². The van der Waals surface area contributed by atoms with E-state index in [0.717, 1.165) is 0 Å². The van der Waals surface area contributed by atoms with Gasteiger partial charge >= 0.3 is 0 Å². The summed E-state index contributed by atoms with van der Waals surface area (Å²) >= 11 is 0. The third-order valence-corrected chi connectivity index (χ3v) is 2.38. The summed E-state index contributed by atoms with van der Waals surface area (Å²) in [5.41, 5.74) is 0.485. The molecule has 0 amide bonds. The number of phenolic OH excluding ortho intramolecular Hbond substituents is 1. The maximum absolute atomic E-state index is 11.7. The first-order chi connectivity index (χ1) is 8.00. The summed E-state index contributed by atoms with van der Waals surface area (Å²) < 4.78 is 5.47. The van der Waals surface area contributed by atoms with Crippen LogP contribution in [0.1, 0.15) is 29.8 Å². The molecule has 0 bridgehead atoms. The molecule has 0 radical (unpaired) electrons. The number of benzene rings is 1. The molecule has 1 aliphatic rings. The van der Waals surface area contributed by atoms with Crippen LogP contribution in [0.2, 0.25) is 0 Å². The van der Waals surface area contributed by atoms with Crippen LogP contribution in [0.25, 0.3) is 5.76 Å².